The molecule has 0 fully saturated rings. The molecule has 0 spiro atoms. The Balaban J connectivity index is 2.28. The third kappa shape index (κ3) is 3.36. The minimum atomic E-state index is -4.39. The summed E-state index contributed by atoms with van der Waals surface area (Å²) in [6.45, 7) is 0.151. The van der Waals surface area contributed by atoms with Crippen molar-refractivity contribution < 1.29 is 13.2 Å². The van der Waals surface area contributed by atoms with E-state index >= 15 is 0 Å². The maximum absolute atomic E-state index is 12.6. The maximum Gasteiger partial charge on any atom is 0.416 e. The van der Waals surface area contributed by atoms with Crippen molar-refractivity contribution >= 4 is 30.2 Å². The molecule has 2 aromatic rings. The summed E-state index contributed by atoms with van der Waals surface area (Å²) in [5.74, 6) is 0.506. The van der Waals surface area contributed by atoms with Crippen LogP contribution in [0.5, 0.6) is 0 Å². The monoisotopic (exact) mass is 307 g/mol. The van der Waals surface area contributed by atoms with Crippen molar-refractivity contribution in [1.29, 1.82) is 0 Å². The summed E-state index contributed by atoms with van der Waals surface area (Å²) < 4.78 is 41.8. The van der Waals surface area contributed by atoms with Gasteiger partial charge in [0.2, 0.25) is 0 Å². The number of anilines is 1. The van der Waals surface area contributed by atoms with Crippen LogP contribution in [-0.2, 0) is 12.7 Å². The van der Waals surface area contributed by atoms with Gasteiger partial charge in [-0.1, -0.05) is 24.4 Å². The molecule has 0 aliphatic carbocycles. The fourth-order valence-electron chi connectivity index (χ4n) is 1.56. The van der Waals surface area contributed by atoms with Gasteiger partial charge in [-0.3, -0.25) is 4.68 Å². The topological polar surface area (TPSA) is 29.9 Å². The Labute approximate surface area is 117 Å². The summed E-state index contributed by atoms with van der Waals surface area (Å²) in [6, 6.07) is 4.86. The van der Waals surface area contributed by atoms with Crippen molar-refractivity contribution in [3.63, 3.8) is 0 Å². The van der Waals surface area contributed by atoms with Crippen LogP contribution in [-0.4, -0.2) is 9.78 Å². The second-order valence-electron chi connectivity index (χ2n) is 3.81. The van der Waals surface area contributed by atoms with Crippen LogP contribution in [0.1, 0.15) is 11.1 Å². The van der Waals surface area contributed by atoms with Crippen LogP contribution in [0, 0.1) is 0 Å². The number of hydrogen-bond acceptors (Lipinski definition) is 3. The number of rotatable bonds is 3. The lowest BCUT2D eigenvalue weighted by Crippen LogP contribution is -2.07. The molecule has 0 radical (unpaired) electrons. The van der Waals surface area contributed by atoms with Crippen molar-refractivity contribution in [1.82, 2.24) is 9.78 Å². The predicted molar refractivity (Wildman–Crippen MR) is 70.4 cm³/mol. The Kier molecular flexibility index (Phi) is 3.96. The zero-order valence-electron chi connectivity index (χ0n) is 9.45. The molecule has 0 saturated heterocycles. The first-order valence-electron chi connectivity index (χ1n) is 5.19. The number of halogens is 4. The van der Waals surface area contributed by atoms with Crippen LogP contribution >= 0.6 is 24.4 Å². The van der Waals surface area contributed by atoms with Gasteiger partial charge in [0, 0.05) is 17.3 Å². The van der Waals surface area contributed by atoms with Crippen molar-refractivity contribution in [2.75, 3.05) is 4.72 Å². The van der Waals surface area contributed by atoms with E-state index < -0.39 is 11.7 Å². The van der Waals surface area contributed by atoms with Gasteiger partial charge >= 0.3 is 6.18 Å². The highest BCUT2D eigenvalue weighted by Gasteiger charge is 2.30. The largest absolute Gasteiger partial charge is 0.416 e. The highest BCUT2D eigenvalue weighted by molar-refractivity contribution is 7.81. The summed E-state index contributed by atoms with van der Waals surface area (Å²) in [6.07, 6.45) is -2.77. The molecule has 19 heavy (non-hydrogen) atoms. The summed E-state index contributed by atoms with van der Waals surface area (Å²) in [5.41, 5.74) is -0.378. The van der Waals surface area contributed by atoms with Gasteiger partial charge in [0.1, 0.15) is 0 Å². The molecule has 2 rings (SSSR count). The van der Waals surface area contributed by atoms with Gasteiger partial charge < -0.3 is 4.72 Å². The van der Waals surface area contributed by atoms with Gasteiger partial charge in [-0.25, -0.2) is 0 Å². The molecule has 1 N–H and O–H groups in total. The molecule has 1 aromatic heterocycles. The molecular weight excluding hydrogens is 299 g/mol. The number of benzene rings is 1. The van der Waals surface area contributed by atoms with Gasteiger partial charge in [0.15, 0.2) is 5.82 Å². The van der Waals surface area contributed by atoms with E-state index in [9.17, 15) is 13.2 Å². The molecular formula is C11H9ClF3N3S. The second kappa shape index (κ2) is 5.34. The molecule has 1 heterocycles. The minimum Gasteiger partial charge on any atom is -0.316 e. The average Bonchev–Trinajstić information content (AvgIpc) is 2.78. The quantitative estimate of drug-likeness (QED) is 0.843. The van der Waals surface area contributed by atoms with E-state index in [-0.39, 0.29) is 11.6 Å². The predicted octanol–water partition coefficient (Wildman–Crippen LogP) is 3.86. The fraction of sp³-hybridized carbons (Fsp3) is 0.182. The highest BCUT2D eigenvalue weighted by Crippen LogP contribution is 2.32. The molecule has 0 aliphatic heterocycles. The molecule has 8 heteroatoms. The van der Waals surface area contributed by atoms with Gasteiger partial charge in [-0.05, 0) is 23.8 Å². The average molecular weight is 308 g/mol. The Hall–Kier alpha value is -1.34. The SMILES string of the molecule is FC(F)(F)c1ccc(Cl)c(Cn2ccc(NS)n2)c1. The van der Waals surface area contributed by atoms with E-state index in [0.717, 1.165) is 12.1 Å². The summed E-state index contributed by atoms with van der Waals surface area (Å²) in [4.78, 5) is 0. The summed E-state index contributed by atoms with van der Waals surface area (Å²) in [7, 11) is 0. The highest BCUT2D eigenvalue weighted by atomic mass is 35.5. The summed E-state index contributed by atoms with van der Waals surface area (Å²) >= 11 is 9.72. The first kappa shape index (κ1) is 14.1. The van der Waals surface area contributed by atoms with Crippen LogP contribution < -0.4 is 4.72 Å². The van der Waals surface area contributed by atoms with Crippen molar-refractivity contribution in [3.8, 4) is 0 Å². The van der Waals surface area contributed by atoms with Gasteiger partial charge in [-0.15, -0.1) is 0 Å². The second-order valence-corrected chi connectivity index (χ2v) is 4.45. The number of hydrogen-bond donors (Lipinski definition) is 2. The Morgan fingerprint density at radius 2 is 2.05 bits per heavy atom. The first-order chi connectivity index (χ1) is 8.90. The van der Waals surface area contributed by atoms with E-state index in [0.29, 0.717) is 11.4 Å². The maximum atomic E-state index is 12.6. The molecule has 0 aliphatic rings. The number of aromatic nitrogens is 2. The lowest BCUT2D eigenvalue weighted by Gasteiger charge is -2.10. The van der Waals surface area contributed by atoms with E-state index in [2.05, 4.69) is 22.6 Å². The standard InChI is InChI=1S/C11H9ClF3N3S/c12-9-2-1-8(11(13,14)15)5-7(9)6-18-4-3-10(16-18)17-19/h1-5,19H,6H2,(H,16,17). The van der Waals surface area contributed by atoms with Gasteiger partial charge in [0.05, 0.1) is 12.1 Å². The van der Waals surface area contributed by atoms with Gasteiger partial charge in [-0.2, -0.15) is 18.3 Å². The number of alkyl halides is 3. The van der Waals surface area contributed by atoms with Crippen LogP contribution in [0.15, 0.2) is 30.5 Å². The molecule has 0 saturated carbocycles. The lowest BCUT2D eigenvalue weighted by molar-refractivity contribution is -0.137. The zero-order chi connectivity index (χ0) is 14.0. The first-order valence-corrected chi connectivity index (χ1v) is 6.02. The molecule has 0 atom stereocenters. The zero-order valence-corrected chi connectivity index (χ0v) is 11.1. The third-order valence-electron chi connectivity index (χ3n) is 2.46. The molecule has 0 unspecified atom stereocenters. The van der Waals surface area contributed by atoms with Crippen LogP contribution in [0.3, 0.4) is 0 Å². The Morgan fingerprint density at radius 1 is 1.32 bits per heavy atom. The molecule has 1 aromatic carbocycles. The van der Waals surface area contributed by atoms with E-state index in [4.69, 9.17) is 11.6 Å². The third-order valence-corrected chi connectivity index (χ3v) is 3.06. The Morgan fingerprint density at radius 3 is 2.63 bits per heavy atom. The minimum absolute atomic E-state index is 0.151. The normalized spacial score (nSPS) is 11.6. The van der Waals surface area contributed by atoms with E-state index in [1.54, 1.807) is 12.3 Å². The number of nitrogens with one attached hydrogen (secondary N) is 1. The Bertz CT molecular complexity index is 583. The molecule has 0 amide bonds. The van der Waals surface area contributed by atoms with Crippen LogP contribution in [0.4, 0.5) is 19.0 Å². The fourth-order valence-corrected chi connectivity index (χ4v) is 1.85. The van der Waals surface area contributed by atoms with E-state index in [1.807, 2.05) is 0 Å². The number of nitrogens with zero attached hydrogens (tertiary/aromatic N) is 2. The molecule has 102 valence electrons. The molecule has 3 nitrogen and oxygen atoms in total. The van der Waals surface area contributed by atoms with Crippen LogP contribution in [0.2, 0.25) is 5.02 Å². The van der Waals surface area contributed by atoms with Gasteiger partial charge in [0.25, 0.3) is 0 Å². The van der Waals surface area contributed by atoms with Crippen molar-refractivity contribution in [2.24, 2.45) is 0 Å². The molecule has 0 bridgehead atoms. The summed E-state index contributed by atoms with van der Waals surface area (Å²) in [5, 5.41) is 4.31. The van der Waals surface area contributed by atoms with E-state index in [1.165, 1.54) is 10.7 Å². The van der Waals surface area contributed by atoms with Crippen molar-refractivity contribution in [2.45, 2.75) is 12.7 Å². The lowest BCUT2D eigenvalue weighted by atomic mass is 10.1. The van der Waals surface area contributed by atoms with Crippen LogP contribution in [0.25, 0.3) is 0 Å². The smallest absolute Gasteiger partial charge is 0.316 e. The number of thiol groups is 1. The van der Waals surface area contributed by atoms with Crippen molar-refractivity contribution in [3.05, 3.63) is 46.6 Å².